The average molecular weight is 384 g/mol. The zero-order valence-corrected chi connectivity index (χ0v) is 16.2. The minimum atomic E-state index is -3.65. The Labute approximate surface area is 155 Å². The van der Waals surface area contributed by atoms with E-state index in [-0.39, 0.29) is 10.6 Å². The summed E-state index contributed by atoms with van der Waals surface area (Å²) in [4.78, 5) is 13.7. The van der Waals surface area contributed by atoms with Crippen LogP contribution in [0.25, 0.3) is 0 Å². The largest absolute Gasteiger partial charge is 0.477 e. The third kappa shape index (κ3) is 4.29. The van der Waals surface area contributed by atoms with E-state index in [1.54, 1.807) is 7.05 Å². The number of sulfonamides is 1. The highest BCUT2D eigenvalue weighted by molar-refractivity contribution is 7.89. The molecule has 0 unspecified atom stereocenters. The molecule has 0 atom stereocenters. The monoisotopic (exact) mass is 383 g/mol. The van der Waals surface area contributed by atoms with Gasteiger partial charge in [-0.25, -0.2) is 13.2 Å². The SMILES string of the molecule is Cn1cc(S(=O)(=O)N2CCCN(CC3CCCCC3)CC2)cc1C(=O)O. The summed E-state index contributed by atoms with van der Waals surface area (Å²) >= 11 is 0. The molecule has 1 saturated carbocycles. The van der Waals surface area contributed by atoms with Crippen LogP contribution in [0.4, 0.5) is 0 Å². The standard InChI is InChI=1S/C18H29N3O4S/c1-19-14-16(12-17(19)18(22)23)26(24,25)21-9-5-8-20(10-11-21)13-15-6-3-2-4-7-15/h12,14-15H,2-11,13H2,1H3,(H,22,23). The summed E-state index contributed by atoms with van der Waals surface area (Å²) in [6.07, 6.45) is 8.77. The molecule has 0 amide bonds. The van der Waals surface area contributed by atoms with Gasteiger partial charge >= 0.3 is 5.97 Å². The van der Waals surface area contributed by atoms with Crippen LogP contribution in [0, 0.1) is 5.92 Å². The van der Waals surface area contributed by atoms with Crippen LogP contribution in [0.1, 0.15) is 49.0 Å². The van der Waals surface area contributed by atoms with Gasteiger partial charge in [-0.05, 0) is 37.8 Å². The number of carboxylic acids is 1. The molecule has 146 valence electrons. The number of rotatable bonds is 5. The zero-order chi connectivity index (χ0) is 18.7. The Hall–Kier alpha value is -1.38. The van der Waals surface area contributed by atoms with Gasteiger partial charge in [0.05, 0.1) is 0 Å². The van der Waals surface area contributed by atoms with E-state index in [1.165, 1.54) is 53.2 Å². The van der Waals surface area contributed by atoms with Gasteiger partial charge in [-0.15, -0.1) is 0 Å². The first-order valence-electron chi connectivity index (χ1n) is 9.50. The van der Waals surface area contributed by atoms with Crippen molar-refractivity contribution in [2.75, 3.05) is 32.7 Å². The Kier molecular flexibility index (Phi) is 6.04. The molecule has 0 aromatic carbocycles. The van der Waals surface area contributed by atoms with Gasteiger partial charge < -0.3 is 14.6 Å². The van der Waals surface area contributed by atoms with E-state index in [0.717, 1.165) is 32.0 Å². The highest BCUT2D eigenvalue weighted by atomic mass is 32.2. The highest BCUT2D eigenvalue weighted by Gasteiger charge is 2.29. The second-order valence-electron chi connectivity index (χ2n) is 7.54. The van der Waals surface area contributed by atoms with Crippen molar-refractivity contribution >= 4 is 16.0 Å². The van der Waals surface area contributed by atoms with Crippen molar-refractivity contribution in [1.29, 1.82) is 0 Å². The summed E-state index contributed by atoms with van der Waals surface area (Å²) in [7, 11) is -2.10. The molecule has 1 aliphatic carbocycles. The van der Waals surface area contributed by atoms with E-state index < -0.39 is 16.0 Å². The molecule has 7 nitrogen and oxygen atoms in total. The van der Waals surface area contributed by atoms with Gasteiger partial charge in [0.15, 0.2) is 0 Å². The lowest BCUT2D eigenvalue weighted by Crippen LogP contribution is -2.36. The predicted molar refractivity (Wildman–Crippen MR) is 98.8 cm³/mol. The topological polar surface area (TPSA) is 82.9 Å². The molecule has 8 heteroatoms. The van der Waals surface area contributed by atoms with Gasteiger partial charge in [0, 0.05) is 39.4 Å². The Balaban J connectivity index is 1.65. The summed E-state index contributed by atoms with van der Waals surface area (Å²) in [5.74, 6) is -0.373. The van der Waals surface area contributed by atoms with Crippen LogP contribution in [0.3, 0.4) is 0 Å². The second-order valence-corrected chi connectivity index (χ2v) is 9.48. The molecule has 1 N–H and O–H groups in total. The molecule has 26 heavy (non-hydrogen) atoms. The summed E-state index contributed by atoms with van der Waals surface area (Å²) in [6, 6.07) is 1.25. The van der Waals surface area contributed by atoms with Crippen molar-refractivity contribution in [3.63, 3.8) is 0 Å². The lowest BCUT2D eigenvalue weighted by atomic mass is 9.89. The molecule has 0 spiro atoms. The maximum absolute atomic E-state index is 12.9. The van der Waals surface area contributed by atoms with Crippen molar-refractivity contribution < 1.29 is 18.3 Å². The zero-order valence-electron chi connectivity index (χ0n) is 15.4. The molecule has 2 fully saturated rings. The number of hydrogen-bond acceptors (Lipinski definition) is 4. The summed E-state index contributed by atoms with van der Waals surface area (Å²) in [5, 5.41) is 9.15. The smallest absolute Gasteiger partial charge is 0.352 e. The lowest BCUT2D eigenvalue weighted by Gasteiger charge is -2.28. The van der Waals surface area contributed by atoms with Crippen LogP contribution in [-0.4, -0.2) is 66.0 Å². The summed E-state index contributed by atoms with van der Waals surface area (Å²) < 4.78 is 28.7. The summed E-state index contributed by atoms with van der Waals surface area (Å²) in [5.41, 5.74) is -0.0164. The van der Waals surface area contributed by atoms with E-state index in [4.69, 9.17) is 5.11 Å². The van der Waals surface area contributed by atoms with Crippen LogP contribution < -0.4 is 0 Å². The maximum Gasteiger partial charge on any atom is 0.352 e. The molecule has 3 rings (SSSR count). The molecular formula is C18H29N3O4S. The van der Waals surface area contributed by atoms with Crippen molar-refractivity contribution in [2.45, 2.75) is 43.4 Å². The van der Waals surface area contributed by atoms with Gasteiger partial charge in [-0.2, -0.15) is 4.31 Å². The van der Waals surface area contributed by atoms with Crippen LogP contribution >= 0.6 is 0 Å². The molecular weight excluding hydrogens is 354 g/mol. The van der Waals surface area contributed by atoms with Crippen molar-refractivity contribution in [3.05, 3.63) is 18.0 Å². The van der Waals surface area contributed by atoms with E-state index >= 15 is 0 Å². The summed E-state index contributed by atoms with van der Waals surface area (Å²) in [6.45, 7) is 3.70. The average Bonchev–Trinajstić information content (AvgIpc) is 2.85. The number of carbonyl (C=O) groups is 1. The fraction of sp³-hybridized carbons (Fsp3) is 0.722. The Bertz CT molecular complexity index is 738. The minimum absolute atomic E-state index is 0.0164. The minimum Gasteiger partial charge on any atom is -0.477 e. The molecule has 0 radical (unpaired) electrons. The van der Waals surface area contributed by atoms with E-state index in [2.05, 4.69) is 4.90 Å². The van der Waals surface area contributed by atoms with Crippen molar-refractivity contribution in [3.8, 4) is 0 Å². The van der Waals surface area contributed by atoms with E-state index in [0.29, 0.717) is 13.1 Å². The highest BCUT2D eigenvalue weighted by Crippen LogP contribution is 2.25. The first-order chi connectivity index (χ1) is 12.4. The van der Waals surface area contributed by atoms with Crippen molar-refractivity contribution in [2.24, 2.45) is 13.0 Å². The molecule has 1 aliphatic heterocycles. The number of aromatic carboxylic acids is 1. The predicted octanol–water partition coefficient (Wildman–Crippen LogP) is 2.00. The van der Waals surface area contributed by atoms with Gasteiger partial charge in [0.1, 0.15) is 10.6 Å². The van der Waals surface area contributed by atoms with Crippen LogP contribution in [-0.2, 0) is 17.1 Å². The third-order valence-corrected chi connectivity index (χ3v) is 7.49. The second kappa shape index (κ2) is 8.10. The Morgan fingerprint density at radius 2 is 1.85 bits per heavy atom. The fourth-order valence-corrected chi connectivity index (χ4v) is 5.68. The number of hydrogen-bond donors (Lipinski definition) is 1. The number of aromatic nitrogens is 1. The van der Waals surface area contributed by atoms with Crippen LogP contribution in [0.2, 0.25) is 0 Å². The van der Waals surface area contributed by atoms with E-state index in [9.17, 15) is 13.2 Å². The van der Waals surface area contributed by atoms with Crippen LogP contribution in [0.5, 0.6) is 0 Å². The number of carboxylic acid groups (broad SMARTS) is 1. The van der Waals surface area contributed by atoms with Crippen LogP contribution in [0.15, 0.2) is 17.2 Å². The molecule has 1 aromatic heterocycles. The molecule has 2 heterocycles. The maximum atomic E-state index is 12.9. The van der Waals surface area contributed by atoms with E-state index in [1.807, 2.05) is 0 Å². The molecule has 1 saturated heterocycles. The quantitative estimate of drug-likeness (QED) is 0.841. The first-order valence-corrected chi connectivity index (χ1v) is 10.9. The van der Waals surface area contributed by atoms with Gasteiger partial charge in [0.25, 0.3) is 0 Å². The van der Waals surface area contributed by atoms with Gasteiger partial charge in [-0.3, -0.25) is 0 Å². The molecule has 2 aliphatic rings. The Morgan fingerprint density at radius 3 is 2.50 bits per heavy atom. The third-order valence-electron chi connectivity index (χ3n) is 5.63. The normalized spacial score (nSPS) is 21.6. The number of nitrogens with zero attached hydrogens (tertiary/aromatic N) is 3. The fourth-order valence-electron chi connectivity index (χ4n) is 4.14. The lowest BCUT2D eigenvalue weighted by molar-refractivity contribution is 0.0686. The van der Waals surface area contributed by atoms with Gasteiger partial charge in [0.2, 0.25) is 10.0 Å². The van der Waals surface area contributed by atoms with Gasteiger partial charge in [-0.1, -0.05) is 19.3 Å². The number of aryl methyl sites for hydroxylation is 1. The molecule has 0 bridgehead atoms. The first kappa shape index (κ1) is 19.4. The molecule has 1 aromatic rings. The van der Waals surface area contributed by atoms with Crippen molar-refractivity contribution in [1.82, 2.24) is 13.8 Å². The Morgan fingerprint density at radius 1 is 1.12 bits per heavy atom.